The minimum Gasteiger partial charge on any atom is -0.343 e. The zero-order chi connectivity index (χ0) is 23.0. The number of carbonyl (C=O) groups excluding carboxylic acids is 1. The number of ketones is 1. The summed E-state index contributed by atoms with van der Waals surface area (Å²) in [5.41, 5.74) is 3.87. The Hall–Kier alpha value is -1.96. The van der Waals surface area contributed by atoms with Crippen molar-refractivity contribution in [3.05, 3.63) is 52.8 Å². The number of piperazine rings is 1. The van der Waals surface area contributed by atoms with Gasteiger partial charge in [-0.15, -0.1) is 0 Å². The van der Waals surface area contributed by atoms with Crippen molar-refractivity contribution >= 4 is 15.8 Å². The monoisotopic (exact) mass is 445 g/mol. The van der Waals surface area contributed by atoms with Crippen LogP contribution in [0.25, 0.3) is 0 Å². The number of rotatable bonds is 6. The van der Waals surface area contributed by atoms with E-state index >= 15 is 0 Å². The van der Waals surface area contributed by atoms with E-state index in [9.17, 15) is 13.2 Å². The fraction of sp³-hybridized carbons (Fsp3) is 0.542. The Balaban J connectivity index is 1.64. The smallest absolute Gasteiger partial charge is 0.243 e. The molecule has 0 spiro atoms. The zero-order valence-corrected chi connectivity index (χ0v) is 20.4. The van der Waals surface area contributed by atoms with E-state index in [1.54, 1.807) is 12.1 Å². The second-order valence-electron chi connectivity index (χ2n) is 9.39. The van der Waals surface area contributed by atoms with Crippen molar-refractivity contribution in [2.75, 3.05) is 32.7 Å². The molecule has 3 rings (SSSR count). The van der Waals surface area contributed by atoms with Crippen LogP contribution in [0.2, 0.25) is 0 Å². The highest BCUT2D eigenvalue weighted by molar-refractivity contribution is 7.89. The van der Waals surface area contributed by atoms with Crippen molar-refractivity contribution in [1.29, 1.82) is 0 Å². The quantitative estimate of drug-likeness (QED) is 0.637. The topological polar surface area (TPSA) is 62.6 Å². The van der Waals surface area contributed by atoms with Crippen LogP contribution in [0, 0.1) is 13.8 Å². The number of carbonyl (C=O) groups is 1. The van der Waals surface area contributed by atoms with Gasteiger partial charge in [0.2, 0.25) is 10.0 Å². The lowest BCUT2D eigenvalue weighted by Gasteiger charge is -2.33. The van der Waals surface area contributed by atoms with Crippen molar-refractivity contribution in [2.45, 2.75) is 58.4 Å². The molecule has 1 fully saturated rings. The summed E-state index contributed by atoms with van der Waals surface area (Å²) in [6.45, 7) is 14.7. The molecule has 1 aliphatic heterocycles. The van der Waals surface area contributed by atoms with E-state index in [-0.39, 0.29) is 11.3 Å². The van der Waals surface area contributed by atoms with Gasteiger partial charge in [-0.2, -0.15) is 4.31 Å². The molecule has 1 saturated heterocycles. The van der Waals surface area contributed by atoms with Crippen LogP contribution in [0.1, 0.15) is 55.0 Å². The molecule has 2 aromatic rings. The molecule has 1 aromatic carbocycles. The molecule has 1 aromatic heterocycles. The first-order chi connectivity index (χ1) is 14.4. The maximum absolute atomic E-state index is 13.0. The molecule has 0 radical (unpaired) electrons. The lowest BCUT2D eigenvalue weighted by Crippen LogP contribution is -2.49. The maximum atomic E-state index is 13.0. The van der Waals surface area contributed by atoms with Gasteiger partial charge in [0, 0.05) is 48.7 Å². The lowest BCUT2D eigenvalue weighted by atomic mass is 10.1. The van der Waals surface area contributed by atoms with Crippen LogP contribution in [0.3, 0.4) is 0 Å². The standard InChI is InChI=1S/C24H35N3O3S/c1-7-20-8-10-21(11-9-20)31(29,30)26-14-12-25(13-15-26)17-23(28)22-16-18(2)27(19(22)3)24(4,5)6/h8-11,16H,7,12-15,17H2,1-6H3. The normalized spacial score (nSPS) is 16.6. The van der Waals surface area contributed by atoms with Crippen LogP contribution in [-0.4, -0.2) is 60.7 Å². The molecule has 0 saturated carbocycles. The Morgan fingerprint density at radius 2 is 1.58 bits per heavy atom. The zero-order valence-electron chi connectivity index (χ0n) is 19.6. The van der Waals surface area contributed by atoms with Crippen LogP contribution < -0.4 is 0 Å². The number of hydrogen-bond acceptors (Lipinski definition) is 4. The first kappa shape index (κ1) is 23.7. The van der Waals surface area contributed by atoms with Gasteiger partial charge in [0.25, 0.3) is 0 Å². The fourth-order valence-corrected chi connectivity index (χ4v) is 5.96. The summed E-state index contributed by atoms with van der Waals surface area (Å²) in [5, 5.41) is 0. The van der Waals surface area contributed by atoms with E-state index in [1.807, 2.05) is 39.0 Å². The number of Topliss-reactive ketones (excluding diaryl/α,β-unsaturated/α-hetero) is 1. The summed E-state index contributed by atoms with van der Waals surface area (Å²) < 4.78 is 29.6. The third-order valence-corrected chi connectivity index (χ3v) is 7.98. The lowest BCUT2D eigenvalue weighted by molar-refractivity contribution is 0.0901. The minimum atomic E-state index is -3.50. The van der Waals surface area contributed by atoms with Gasteiger partial charge in [-0.25, -0.2) is 8.42 Å². The second-order valence-corrected chi connectivity index (χ2v) is 11.3. The molecule has 0 unspecified atom stereocenters. The van der Waals surface area contributed by atoms with Crippen molar-refractivity contribution in [1.82, 2.24) is 13.8 Å². The van der Waals surface area contributed by atoms with Crippen LogP contribution in [0.15, 0.2) is 35.2 Å². The molecule has 2 heterocycles. The largest absolute Gasteiger partial charge is 0.343 e. The third kappa shape index (κ3) is 4.94. The van der Waals surface area contributed by atoms with Crippen molar-refractivity contribution in [3.63, 3.8) is 0 Å². The van der Waals surface area contributed by atoms with Gasteiger partial charge >= 0.3 is 0 Å². The molecule has 1 aliphatic rings. The highest BCUT2D eigenvalue weighted by Gasteiger charge is 2.30. The second kappa shape index (κ2) is 8.88. The SMILES string of the molecule is CCc1ccc(S(=O)(=O)N2CCN(CC(=O)c3cc(C)n(C(C)(C)C)c3C)CC2)cc1. The Morgan fingerprint density at radius 1 is 1.00 bits per heavy atom. The molecule has 0 atom stereocenters. The molecule has 6 nitrogen and oxygen atoms in total. The van der Waals surface area contributed by atoms with E-state index in [2.05, 4.69) is 30.2 Å². The predicted molar refractivity (Wildman–Crippen MR) is 124 cm³/mol. The molecule has 170 valence electrons. The van der Waals surface area contributed by atoms with Gasteiger partial charge < -0.3 is 4.57 Å². The minimum absolute atomic E-state index is 0.0813. The first-order valence-electron chi connectivity index (χ1n) is 11.0. The number of aromatic nitrogens is 1. The third-order valence-electron chi connectivity index (χ3n) is 6.07. The summed E-state index contributed by atoms with van der Waals surface area (Å²) >= 11 is 0. The average molecular weight is 446 g/mol. The number of nitrogens with zero attached hydrogens (tertiary/aromatic N) is 3. The van der Waals surface area contributed by atoms with Gasteiger partial charge in [-0.1, -0.05) is 19.1 Å². The number of aryl methyl sites for hydroxylation is 2. The van der Waals surface area contributed by atoms with E-state index in [1.165, 1.54) is 4.31 Å². The molecular weight excluding hydrogens is 410 g/mol. The van der Waals surface area contributed by atoms with Gasteiger partial charge in [0.15, 0.2) is 5.78 Å². The van der Waals surface area contributed by atoms with Gasteiger partial charge in [0.05, 0.1) is 11.4 Å². The van der Waals surface area contributed by atoms with Crippen LogP contribution in [0.4, 0.5) is 0 Å². The van der Waals surface area contributed by atoms with Crippen molar-refractivity contribution in [2.24, 2.45) is 0 Å². The van der Waals surface area contributed by atoms with E-state index in [0.717, 1.165) is 28.9 Å². The predicted octanol–water partition coefficient (Wildman–Crippen LogP) is 3.61. The van der Waals surface area contributed by atoms with Crippen molar-refractivity contribution < 1.29 is 13.2 Å². The Morgan fingerprint density at radius 3 is 2.06 bits per heavy atom. The van der Waals surface area contributed by atoms with Gasteiger partial charge in [0.1, 0.15) is 0 Å². The molecule has 0 N–H and O–H groups in total. The molecule has 7 heteroatoms. The highest BCUT2D eigenvalue weighted by Crippen LogP contribution is 2.25. The average Bonchev–Trinajstić information content (AvgIpc) is 3.02. The van der Waals surface area contributed by atoms with Crippen LogP contribution in [-0.2, 0) is 22.0 Å². The summed E-state index contributed by atoms with van der Waals surface area (Å²) in [6.07, 6.45) is 0.880. The van der Waals surface area contributed by atoms with E-state index in [4.69, 9.17) is 0 Å². The summed E-state index contributed by atoms with van der Waals surface area (Å²) in [4.78, 5) is 15.4. The van der Waals surface area contributed by atoms with Crippen LogP contribution >= 0.6 is 0 Å². The molecule has 31 heavy (non-hydrogen) atoms. The summed E-state index contributed by atoms with van der Waals surface area (Å²) in [6, 6.07) is 9.10. The van der Waals surface area contributed by atoms with E-state index < -0.39 is 10.0 Å². The van der Waals surface area contributed by atoms with Gasteiger partial charge in [-0.3, -0.25) is 9.69 Å². The number of sulfonamides is 1. The fourth-order valence-electron chi connectivity index (χ4n) is 4.54. The first-order valence-corrected chi connectivity index (χ1v) is 12.4. The summed E-state index contributed by atoms with van der Waals surface area (Å²) in [5.74, 6) is 0.0926. The highest BCUT2D eigenvalue weighted by atomic mass is 32.2. The Bertz CT molecular complexity index is 1040. The van der Waals surface area contributed by atoms with Gasteiger partial charge in [-0.05, 0) is 64.8 Å². The van der Waals surface area contributed by atoms with E-state index in [0.29, 0.717) is 37.6 Å². The summed E-state index contributed by atoms with van der Waals surface area (Å²) in [7, 11) is -3.50. The molecular formula is C24H35N3O3S. The molecule has 0 amide bonds. The van der Waals surface area contributed by atoms with Crippen molar-refractivity contribution in [3.8, 4) is 0 Å². The maximum Gasteiger partial charge on any atom is 0.243 e. The number of hydrogen-bond donors (Lipinski definition) is 0. The molecule has 0 bridgehead atoms. The Kier molecular flexibility index (Phi) is 6.79. The number of benzene rings is 1. The van der Waals surface area contributed by atoms with Crippen LogP contribution in [0.5, 0.6) is 0 Å². The Labute approximate surface area is 186 Å². The molecule has 0 aliphatic carbocycles.